The molecule has 0 aliphatic heterocycles. The molecule has 0 bridgehead atoms. The number of nitrogens with two attached hydrogens (primary N) is 1. The zero-order valence-electron chi connectivity index (χ0n) is 15.7. The van der Waals surface area contributed by atoms with E-state index in [1.807, 2.05) is 0 Å². The fraction of sp³-hybridized carbons (Fsp3) is 0.143. The van der Waals surface area contributed by atoms with Crippen molar-refractivity contribution in [3.05, 3.63) is 82.5 Å². The Bertz CT molecular complexity index is 1070. The summed E-state index contributed by atoms with van der Waals surface area (Å²) in [5.41, 5.74) is 5.91. The maximum Gasteiger partial charge on any atom is 0.416 e. The number of ether oxygens (including phenoxy) is 1. The van der Waals surface area contributed by atoms with E-state index in [0.717, 1.165) is 12.1 Å². The number of hydrogen-bond acceptors (Lipinski definition) is 4. The molecule has 2 aromatic carbocycles. The molecule has 9 heteroatoms. The molecule has 156 valence electrons. The molecule has 0 radical (unpaired) electrons. The van der Waals surface area contributed by atoms with E-state index in [9.17, 15) is 18.0 Å². The highest BCUT2D eigenvalue weighted by atomic mass is 35.5. The second-order valence-corrected chi connectivity index (χ2v) is 6.89. The maximum absolute atomic E-state index is 12.9. The summed E-state index contributed by atoms with van der Waals surface area (Å²) < 4.78 is 44.4. The number of nitrogens with zero attached hydrogens (tertiary/aromatic N) is 1. The van der Waals surface area contributed by atoms with Gasteiger partial charge in [-0.3, -0.25) is 4.79 Å². The number of pyridine rings is 1. The Morgan fingerprint density at radius 2 is 1.90 bits per heavy atom. The van der Waals surface area contributed by atoms with Gasteiger partial charge < -0.3 is 15.8 Å². The molecule has 1 atom stereocenters. The van der Waals surface area contributed by atoms with Gasteiger partial charge in [0.15, 0.2) is 11.6 Å². The number of carbonyl (C=O) groups excluding carboxylic acids is 1. The number of anilines is 2. The molecule has 0 fully saturated rings. The first-order valence-electron chi connectivity index (χ1n) is 8.80. The minimum absolute atomic E-state index is 0.0997. The summed E-state index contributed by atoms with van der Waals surface area (Å²) in [4.78, 5) is 16.3. The molecule has 3 rings (SSSR count). The highest BCUT2D eigenvalue weighted by Gasteiger charge is 2.30. The number of amides is 1. The van der Waals surface area contributed by atoms with Crippen LogP contribution >= 0.6 is 11.6 Å². The molecule has 3 aromatic rings. The number of alkyl halides is 3. The number of nitrogens with one attached hydrogen (secondary N) is 1. The van der Waals surface area contributed by atoms with E-state index in [4.69, 9.17) is 22.1 Å². The van der Waals surface area contributed by atoms with E-state index in [1.54, 1.807) is 37.3 Å². The lowest BCUT2D eigenvalue weighted by molar-refractivity contribution is -0.137. The third-order valence-corrected chi connectivity index (χ3v) is 4.42. The van der Waals surface area contributed by atoms with E-state index in [1.165, 1.54) is 18.3 Å². The van der Waals surface area contributed by atoms with Crippen molar-refractivity contribution >= 4 is 29.0 Å². The molecule has 0 aliphatic carbocycles. The molecule has 1 amide bonds. The van der Waals surface area contributed by atoms with E-state index >= 15 is 0 Å². The van der Waals surface area contributed by atoms with E-state index < -0.39 is 23.8 Å². The summed E-state index contributed by atoms with van der Waals surface area (Å²) in [6.07, 6.45) is -3.59. The number of hydrogen-bond donors (Lipinski definition) is 2. The number of aromatic nitrogens is 1. The zero-order chi connectivity index (χ0) is 21.9. The van der Waals surface area contributed by atoms with Gasteiger partial charge in [-0.05, 0) is 42.8 Å². The van der Waals surface area contributed by atoms with Gasteiger partial charge in [0.05, 0.1) is 10.6 Å². The van der Waals surface area contributed by atoms with Gasteiger partial charge in [0.25, 0.3) is 5.91 Å². The predicted octanol–water partition coefficient (Wildman–Crippen LogP) is 5.73. The van der Waals surface area contributed by atoms with Crippen LogP contribution in [0.4, 0.5) is 24.7 Å². The number of halogens is 4. The van der Waals surface area contributed by atoms with Crippen LogP contribution in [0.1, 0.15) is 34.5 Å². The van der Waals surface area contributed by atoms with Crippen molar-refractivity contribution in [1.29, 1.82) is 0 Å². The molecule has 5 nitrogen and oxygen atoms in total. The number of benzene rings is 2. The summed E-state index contributed by atoms with van der Waals surface area (Å²) in [7, 11) is 0. The van der Waals surface area contributed by atoms with E-state index in [-0.39, 0.29) is 11.4 Å². The summed E-state index contributed by atoms with van der Waals surface area (Å²) in [6.45, 7) is 1.77. The molecule has 1 heterocycles. The first-order valence-corrected chi connectivity index (χ1v) is 9.17. The Kier molecular flexibility index (Phi) is 6.17. The van der Waals surface area contributed by atoms with Gasteiger partial charge in [-0.2, -0.15) is 13.2 Å². The topological polar surface area (TPSA) is 77.2 Å². The molecule has 0 saturated carbocycles. The Balaban J connectivity index is 1.75. The molecule has 0 aliphatic rings. The van der Waals surface area contributed by atoms with Crippen LogP contribution in [0.2, 0.25) is 5.02 Å². The monoisotopic (exact) mass is 435 g/mol. The Morgan fingerprint density at radius 1 is 1.17 bits per heavy atom. The van der Waals surface area contributed by atoms with Crippen LogP contribution in [-0.2, 0) is 6.18 Å². The largest absolute Gasteiger partial charge is 0.482 e. The Labute approximate surface area is 175 Å². The zero-order valence-corrected chi connectivity index (χ0v) is 16.5. The molecule has 1 aromatic heterocycles. The van der Waals surface area contributed by atoms with Crippen LogP contribution in [0.25, 0.3) is 0 Å². The highest BCUT2D eigenvalue weighted by Crippen LogP contribution is 2.31. The van der Waals surface area contributed by atoms with Crippen molar-refractivity contribution in [2.24, 2.45) is 0 Å². The fourth-order valence-corrected chi connectivity index (χ4v) is 2.84. The second-order valence-electron chi connectivity index (χ2n) is 6.46. The van der Waals surface area contributed by atoms with Crippen LogP contribution in [0.3, 0.4) is 0 Å². The van der Waals surface area contributed by atoms with Crippen molar-refractivity contribution in [2.75, 3.05) is 11.1 Å². The summed E-state index contributed by atoms with van der Waals surface area (Å²) in [6, 6.07) is 12.5. The lowest BCUT2D eigenvalue weighted by Crippen LogP contribution is -2.14. The third-order valence-electron chi connectivity index (χ3n) is 4.22. The van der Waals surface area contributed by atoms with Gasteiger partial charge in [-0.1, -0.05) is 29.8 Å². The number of nitrogen functional groups attached to an aromatic ring is 1. The van der Waals surface area contributed by atoms with Gasteiger partial charge in [0.2, 0.25) is 0 Å². The van der Waals surface area contributed by atoms with Gasteiger partial charge in [0.1, 0.15) is 6.10 Å². The van der Waals surface area contributed by atoms with E-state index in [2.05, 4.69) is 10.3 Å². The smallest absolute Gasteiger partial charge is 0.416 e. The van der Waals surface area contributed by atoms with Gasteiger partial charge in [0, 0.05) is 23.5 Å². The molecule has 30 heavy (non-hydrogen) atoms. The summed E-state index contributed by atoms with van der Waals surface area (Å²) >= 11 is 5.91. The predicted molar refractivity (Wildman–Crippen MR) is 109 cm³/mol. The van der Waals surface area contributed by atoms with Crippen LogP contribution < -0.4 is 15.8 Å². The first-order chi connectivity index (χ1) is 14.1. The number of rotatable bonds is 5. The lowest BCUT2D eigenvalue weighted by Gasteiger charge is -2.17. The van der Waals surface area contributed by atoms with Crippen molar-refractivity contribution in [3.63, 3.8) is 0 Å². The van der Waals surface area contributed by atoms with Crippen molar-refractivity contribution in [1.82, 2.24) is 4.98 Å². The van der Waals surface area contributed by atoms with Crippen molar-refractivity contribution in [2.45, 2.75) is 19.2 Å². The Morgan fingerprint density at radius 3 is 2.63 bits per heavy atom. The van der Waals surface area contributed by atoms with Gasteiger partial charge >= 0.3 is 6.18 Å². The minimum atomic E-state index is -4.53. The van der Waals surface area contributed by atoms with E-state index in [0.29, 0.717) is 22.0 Å². The van der Waals surface area contributed by atoms with Crippen LogP contribution in [0.15, 0.2) is 60.8 Å². The third kappa shape index (κ3) is 5.21. The number of carbonyl (C=O) groups is 1. The van der Waals surface area contributed by atoms with Crippen LogP contribution in [0.5, 0.6) is 5.75 Å². The molecular formula is C21H17ClF3N3O2. The SMILES string of the molecule is C[C@@H](Oc1cc(Cl)cnc1N)c1cccc(NC(=O)c2cccc(C(F)(F)F)c2)c1. The highest BCUT2D eigenvalue weighted by molar-refractivity contribution is 6.30. The van der Waals surface area contributed by atoms with Gasteiger partial charge in [-0.25, -0.2) is 4.98 Å². The average molecular weight is 436 g/mol. The van der Waals surface area contributed by atoms with Crippen molar-refractivity contribution < 1.29 is 22.7 Å². The summed E-state index contributed by atoms with van der Waals surface area (Å²) in [5, 5.41) is 2.97. The molecule has 0 unspecified atom stereocenters. The standard InChI is InChI=1S/C21H17ClF3N3O2/c1-12(30-18-10-16(22)11-27-19(18)26)13-4-3-7-17(9-13)28-20(29)14-5-2-6-15(8-14)21(23,24)25/h2-12H,1H3,(H2,26,27)(H,28,29)/t12-/m1/s1. The van der Waals surface area contributed by atoms with Crippen molar-refractivity contribution in [3.8, 4) is 5.75 Å². The maximum atomic E-state index is 12.9. The van der Waals surface area contributed by atoms with Crippen LogP contribution in [-0.4, -0.2) is 10.9 Å². The van der Waals surface area contributed by atoms with Crippen LogP contribution in [0, 0.1) is 0 Å². The first kappa shape index (κ1) is 21.4. The summed E-state index contributed by atoms with van der Waals surface area (Å²) in [5.74, 6) is -0.163. The van der Waals surface area contributed by atoms with Gasteiger partial charge in [-0.15, -0.1) is 0 Å². The quantitative estimate of drug-likeness (QED) is 0.536. The average Bonchev–Trinajstić information content (AvgIpc) is 2.70. The molecule has 0 saturated heterocycles. The fourth-order valence-electron chi connectivity index (χ4n) is 2.69. The minimum Gasteiger partial charge on any atom is -0.482 e. The second kappa shape index (κ2) is 8.62. The lowest BCUT2D eigenvalue weighted by atomic mass is 10.1. The Hall–Kier alpha value is -3.26. The molecule has 0 spiro atoms. The molecule has 3 N–H and O–H groups in total. The normalized spacial score (nSPS) is 12.3. The molecular weight excluding hydrogens is 419 g/mol.